The van der Waals surface area contributed by atoms with Crippen LogP contribution in [0.4, 0.5) is 5.82 Å². The van der Waals surface area contributed by atoms with Crippen molar-refractivity contribution in [1.29, 1.82) is 0 Å². The zero-order valence-electron chi connectivity index (χ0n) is 17.2. The van der Waals surface area contributed by atoms with Crippen LogP contribution < -0.4 is 10.1 Å². The van der Waals surface area contributed by atoms with Crippen LogP contribution in [0.25, 0.3) is 17.2 Å². The predicted octanol–water partition coefficient (Wildman–Crippen LogP) is 3.86. The molecule has 0 unspecified atom stereocenters. The Hall–Kier alpha value is -3.94. The second kappa shape index (κ2) is 8.06. The standard InChI is InChI=1S/C23H22N6O2/c1-16-9-10-25-29(16)17-7-8-20-18(15-17)23(30)27-21-6-4-5-19(26-21)22-24-11-13-28(22)12-2-3-14-31-20/h4-11,13,15H,2-3,12,14H2,1H3,(H,26,27,30). The summed E-state index contributed by atoms with van der Waals surface area (Å²) in [5.74, 6) is 1.50. The Morgan fingerprint density at radius 3 is 2.90 bits per heavy atom. The minimum absolute atomic E-state index is 0.285. The molecule has 1 aliphatic rings. The minimum Gasteiger partial charge on any atom is -0.493 e. The first-order valence-corrected chi connectivity index (χ1v) is 10.3. The van der Waals surface area contributed by atoms with Gasteiger partial charge in [0.2, 0.25) is 0 Å². The quantitative estimate of drug-likeness (QED) is 0.511. The molecule has 8 heteroatoms. The molecule has 1 amide bonds. The molecule has 0 radical (unpaired) electrons. The number of anilines is 1. The zero-order valence-corrected chi connectivity index (χ0v) is 17.2. The van der Waals surface area contributed by atoms with Gasteiger partial charge in [0.15, 0.2) is 5.82 Å². The van der Waals surface area contributed by atoms with E-state index in [-0.39, 0.29) is 5.91 Å². The Bertz CT molecular complexity index is 1240. The van der Waals surface area contributed by atoms with E-state index in [1.807, 2.05) is 43.5 Å². The van der Waals surface area contributed by atoms with E-state index in [1.54, 1.807) is 29.2 Å². The van der Waals surface area contributed by atoms with Gasteiger partial charge in [-0.05, 0) is 56.2 Å². The molecule has 1 N–H and O–H groups in total. The molecule has 1 aromatic carbocycles. The molecule has 0 atom stereocenters. The fourth-order valence-corrected chi connectivity index (χ4v) is 3.69. The van der Waals surface area contributed by atoms with E-state index in [9.17, 15) is 4.79 Å². The number of nitrogens with one attached hydrogen (secondary N) is 1. The van der Waals surface area contributed by atoms with Gasteiger partial charge in [0.25, 0.3) is 5.91 Å². The molecule has 0 saturated carbocycles. The number of hydrogen-bond acceptors (Lipinski definition) is 5. The summed E-state index contributed by atoms with van der Waals surface area (Å²) in [6.45, 7) is 3.31. The van der Waals surface area contributed by atoms with Gasteiger partial charge in [-0.2, -0.15) is 5.10 Å². The van der Waals surface area contributed by atoms with Crippen molar-refractivity contribution in [2.75, 3.05) is 11.9 Å². The highest BCUT2D eigenvalue weighted by Crippen LogP contribution is 2.25. The van der Waals surface area contributed by atoms with Crippen LogP contribution in [0.1, 0.15) is 28.9 Å². The molecule has 8 nitrogen and oxygen atoms in total. The predicted molar refractivity (Wildman–Crippen MR) is 116 cm³/mol. The number of benzene rings is 1. The monoisotopic (exact) mass is 414 g/mol. The van der Waals surface area contributed by atoms with Gasteiger partial charge < -0.3 is 14.6 Å². The molecule has 5 rings (SSSR count). The van der Waals surface area contributed by atoms with Gasteiger partial charge in [0, 0.05) is 30.8 Å². The lowest BCUT2D eigenvalue weighted by atomic mass is 10.1. The van der Waals surface area contributed by atoms with Crippen molar-refractivity contribution in [3.05, 3.63) is 72.3 Å². The van der Waals surface area contributed by atoms with Crippen LogP contribution in [0.2, 0.25) is 0 Å². The lowest BCUT2D eigenvalue weighted by Gasteiger charge is -2.15. The molecule has 4 heterocycles. The van der Waals surface area contributed by atoms with Crippen LogP contribution in [0.3, 0.4) is 0 Å². The third kappa shape index (κ3) is 3.79. The van der Waals surface area contributed by atoms with E-state index in [2.05, 4.69) is 25.0 Å². The molecule has 2 bridgehead atoms. The summed E-state index contributed by atoms with van der Waals surface area (Å²) in [7, 11) is 0. The molecule has 3 aromatic heterocycles. The normalized spacial score (nSPS) is 14.0. The van der Waals surface area contributed by atoms with Gasteiger partial charge >= 0.3 is 0 Å². The number of carbonyl (C=O) groups is 1. The number of nitrogens with zero attached hydrogens (tertiary/aromatic N) is 5. The number of carbonyl (C=O) groups excluding carboxylic acids is 1. The Morgan fingerprint density at radius 1 is 1.10 bits per heavy atom. The van der Waals surface area contributed by atoms with Crippen LogP contribution in [0.5, 0.6) is 5.75 Å². The first kappa shape index (κ1) is 19.0. The lowest BCUT2D eigenvalue weighted by Crippen LogP contribution is -2.16. The van der Waals surface area contributed by atoms with E-state index in [1.165, 1.54) is 0 Å². The topological polar surface area (TPSA) is 86.9 Å². The van der Waals surface area contributed by atoms with Crippen molar-refractivity contribution >= 4 is 11.7 Å². The van der Waals surface area contributed by atoms with Gasteiger partial charge in [-0.15, -0.1) is 0 Å². The summed E-state index contributed by atoms with van der Waals surface area (Å²) in [6.07, 6.45) is 7.23. The highest BCUT2D eigenvalue weighted by Gasteiger charge is 2.17. The largest absolute Gasteiger partial charge is 0.493 e. The minimum atomic E-state index is -0.285. The van der Waals surface area contributed by atoms with E-state index in [4.69, 9.17) is 4.74 Å². The summed E-state index contributed by atoms with van der Waals surface area (Å²) in [5, 5.41) is 7.25. The van der Waals surface area contributed by atoms with E-state index < -0.39 is 0 Å². The van der Waals surface area contributed by atoms with E-state index >= 15 is 0 Å². The van der Waals surface area contributed by atoms with Crippen molar-refractivity contribution in [3.8, 4) is 23.0 Å². The smallest absolute Gasteiger partial charge is 0.260 e. The number of imidazole rings is 1. The molecule has 0 fully saturated rings. The highest BCUT2D eigenvalue weighted by atomic mass is 16.5. The summed E-state index contributed by atoms with van der Waals surface area (Å²) >= 11 is 0. The van der Waals surface area contributed by atoms with Gasteiger partial charge in [-0.3, -0.25) is 4.79 Å². The Morgan fingerprint density at radius 2 is 2.03 bits per heavy atom. The second-order valence-electron chi connectivity index (χ2n) is 7.43. The van der Waals surface area contributed by atoms with Crippen molar-refractivity contribution in [2.45, 2.75) is 26.3 Å². The molecule has 31 heavy (non-hydrogen) atoms. The number of ether oxygens (including phenoxy) is 1. The van der Waals surface area contributed by atoms with Gasteiger partial charge in [-0.25, -0.2) is 14.6 Å². The third-order valence-electron chi connectivity index (χ3n) is 5.27. The SMILES string of the molecule is Cc1ccnn1-c1ccc2c(c1)C(=O)Nc1cccc(n1)-c1nccn1CCCCO2. The van der Waals surface area contributed by atoms with Crippen molar-refractivity contribution in [3.63, 3.8) is 0 Å². The molecule has 0 aliphatic carbocycles. The maximum absolute atomic E-state index is 13.2. The molecular formula is C23H22N6O2. The zero-order chi connectivity index (χ0) is 21.2. The maximum Gasteiger partial charge on any atom is 0.260 e. The molecule has 1 aliphatic heterocycles. The number of hydrogen-bond donors (Lipinski definition) is 1. The average molecular weight is 414 g/mol. The number of pyridine rings is 1. The second-order valence-corrected chi connectivity index (χ2v) is 7.43. The first-order valence-electron chi connectivity index (χ1n) is 10.3. The van der Waals surface area contributed by atoms with Crippen LogP contribution in [0.15, 0.2) is 61.1 Å². The molecule has 156 valence electrons. The number of amides is 1. The van der Waals surface area contributed by atoms with Crippen molar-refractivity contribution < 1.29 is 9.53 Å². The molecular weight excluding hydrogens is 392 g/mol. The van der Waals surface area contributed by atoms with Crippen molar-refractivity contribution in [1.82, 2.24) is 24.3 Å². The molecule has 0 spiro atoms. The number of fused-ring (bicyclic) bond motifs is 5. The number of aryl methyl sites for hydroxylation is 2. The highest BCUT2D eigenvalue weighted by molar-refractivity contribution is 6.06. The van der Waals surface area contributed by atoms with Crippen LogP contribution in [-0.2, 0) is 6.54 Å². The summed E-state index contributed by atoms with van der Waals surface area (Å²) in [4.78, 5) is 22.3. The molecule has 4 aromatic rings. The number of aromatic nitrogens is 5. The van der Waals surface area contributed by atoms with Crippen molar-refractivity contribution in [2.24, 2.45) is 0 Å². The van der Waals surface area contributed by atoms with Gasteiger partial charge in [-0.1, -0.05) is 6.07 Å². The van der Waals surface area contributed by atoms with Gasteiger partial charge in [0.05, 0.1) is 17.9 Å². The maximum atomic E-state index is 13.2. The third-order valence-corrected chi connectivity index (χ3v) is 5.27. The van der Waals surface area contributed by atoms with Crippen LogP contribution in [-0.4, -0.2) is 36.8 Å². The first-order chi connectivity index (χ1) is 15.2. The van der Waals surface area contributed by atoms with E-state index in [0.29, 0.717) is 23.7 Å². The van der Waals surface area contributed by atoms with Crippen LogP contribution >= 0.6 is 0 Å². The lowest BCUT2D eigenvalue weighted by molar-refractivity contribution is 0.102. The average Bonchev–Trinajstić information content (AvgIpc) is 3.42. The summed E-state index contributed by atoms with van der Waals surface area (Å²) in [5.41, 5.74) is 2.94. The fourth-order valence-electron chi connectivity index (χ4n) is 3.69. The summed E-state index contributed by atoms with van der Waals surface area (Å²) in [6, 6.07) is 13.0. The number of rotatable bonds is 1. The van der Waals surface area contributed by atoms with Gasteiger partial charge in [0.1, 0.15) is 17.3 Å². The van der Waals surface area contributed by atoms with E-state index in [0.717, 1.165) is 42.3 Å². The Balaban J connectivity index is 1.55. The Labute approximate surface area is 179 Å². The Kier molecular flexibility index (Phi) is 4.95. The fraction of sp³-hybridized carbons (Fsp3) is 0.217. The van der Waals surface area contributed by atoms with Crippen LogP contribution in [0, 0.1) is 6.92 Å². The summed E-state index contributed by atoms with van der Waals surface area (Å²) < 4.78 is 9.86. The molecule has 0 saturated heterocycles.